The van der Waals surface area contributed by atoms with Crippen LogP contribution in [0.3, 0.4) is 0 Å². The van der Waals surface area contributed by atoms with Crippen molar-refractivity contribution in [2.45, 2.75) is 19.3 Å². The molecule has 3 rings (SSSR count). The summed E-state index contributed by atoms with van der Waals surface area (Å²) in [5, 5.41) is 18.5. The first kappa shape index (κ1) is 18.6. The quantitative estimate of drug-likeness (QED) is 0.643. The summed E-state index contributed by atoms with van der Waals surface area (Å²) in [7, 11) is 1.83. The molecule has 1 heterocycles. The van der Waals surface area contributed by atoms with Gasteiger partial charge in [0, 0.05) is 26.2 Å². The predicted molar refractivity (Wildman–Crippen MR) is 103 cm³/mol. The van der Waals surface area contributed by atoms with Gasteiger partial charge < -0.3 is 10.4 Å². The van der Waals surface area contributed by atoms with Crippen LogP contribution in [0.5, 0.6) is 0 Å². The summed E-state index contributed by atoms with van der Waals surface area (Å²) in [6.45, 7) is 0.119. The Morgan fingerprint density at radius 1 is 1.15 bits per heavy atom. The number of carboxylic acids is 1. The van der Waals surface area contributed by atoms with Gasteiger partial charge in [-0.25, -0.2) is 0 Å². The highest BCUT2D eigenvalue weighted by molar-refractivity contribution is 5.83. The Morgan fingerprint density at radius 2 is 1.93 bits per heavy atom. The Kier molecular flexibility index (Phi) is 5.86. The van der Waals surface area contributed by atoms with Crippen molar-refractivity contribution < 1.29 is 14.7 Å². The second-order valence-electron chi connectivity index (χ2n) is 6.75. The first-order valence-electron chi connectivity index (χ1n) is 8.96. The Hall–Kier alpha value is -3.15. The molecular weight excluding hydrogens is 342 g/mol. The monoisotopic (exact) mass is 365 g/mol. The molecule has 0 radical (unpaired) electrons. The molecule has 3 aromatic rings. The van der Waals surface area contributed by atoms with Gasteiger partial charge in [0.15, 0.2) is 0 Å². The van der Waals surface area contributed by atoms with Crippen molar-refractivity contribution >= 4 is 22.6 Å². The molecule has 2 aromatic carbocycles. The van der Waals surface area contributed by atoms with Gasteiger partial charge in [0.25, 0.3) is 0 Å². The van der Waals surface area contributed by atoms with Crippen LogP contribution in [-0.4, -0.2) is 33.3 Å². The van der Waals surface area contributed by atoms with E-state index in [0.29, 0.717) is 19.3 Å². The maximum absolute atomic E-state index is 12.0. The Bertz CT molecular complexity index is 949. The van der Waals surface area contributed by atoms with E-state index in [2.05, 4.69) is 10.4 Å². The lowest BCUT2D eigenvalue weighted by Crippen LogP contribution is -2.34. The normalized spacial score (nSPS) is 12.0. The summed E-state index contributed by atoms with van der Waals surface area (Å²) >= 11 is 0. The number of aliphatic carboxylic acids is 1. The smallest absolute Gasteiger partial charge is 0.308 e. The van der Waals surface area contributed by atoms with E-state index in [4.69, 9.17) is 0 Å². The molecule has 1 atom stereocenters. The van der Waals surface area contributed by atoms with Crippen molar-refractivity contribution in [3.63, 3.8) is 0 Å². The summed E-state index contributed by atoms with van der Waals surface area (Å²) in [6, 6.07) is 13.9. The maximum atomic E-state index is 12.0. The van der Waals surface area contributed by atoms with E-state index in [1.54, 1.807) is 10.9 Å². The fourth-order valence-corrected chi connectivity index (χ4v) is 3.08. The minimum Gasteiger partial charge on any atom is -0.481 e. The van der Waals surface area contributed by atoms with Crippen LogP contribution in [0.15, 0.2) is 54.9 Å². The molecule has 2 N–H and O–H groups in total. The van der Waals surface area contributed by atoms with Crippen molar-refractivity contribution in [2.75, 3.05) is 6.54 Å². The van der Waals surface area contributed by atoms with Crippen LogP contribution in [0, 0.1) is 5.92 Å². The van der Waals surface area contributed by atoms with E-state index in [0.717, 1.165) is 21.9 Å². The second-order valence-corrected chi connectivity index (χ2v) is 6.75. The number of amides is 1. The van der Waals surface area contributed by atoms with Gasteiger partial charge in [0.2, 0.25) is 5.91 Å². The van der Waals surface area contributed by atoms with Crippen molar-refractivity contribution in [1.29, 1.82) is 0 Å². The maximum Gasteiger partial charge on any atom is 0.308 e. The highest BCUT2D eigenvalue weighted by atomic mass is 16.4. The number of hydrogen-bond donors (Lipinski definition) is 2. The molecule has 1 aromatic heterocycles. The zero-order valence-electron chi connectivity index (χ0n) is 15.3. The molecule has 6 nitrogen and oxygen atoms in total. The first-order chi connectivity index (χ1) is 13.0. The lowest BCUT2D eigenvalue weighted by molar-refractivity contribution is -0.141. The van der Waals surface area contributed by atoms with Gasteiger partial charge in [-0.05, 0) is 34.7 Å². The van der Waals surface area contributed by atoms with Crippen LogP contribution in [0.1, 0.15) is 17.5 Å². The first-order valence-corrected chi connectivity index (χ1v) is 8.96. The minimum atomic E-state index is -0.907. The molecule has 6 heteroatoms. The second kappa shape index (κ2) is 8.49. The number of rotatable bonds is 8. The predicted octanol–water partition coefficient (Wildman–Crippen LogP) is 2.57. The van der Waals surface area contributed by atoms with Gasteiger partial charge >= 0.3 is 5.97 Å². The molecule has 0 aliphatic carbocycles. The summed E-state index contributed by atoms with van der Waals surface area (Å²) in [4.78, 5) is 23.6. The number of nitrogens with zero attached hydrogens (tertiary/aromatic N) is 2. The molecule has 1 unspecified atom stereocenters. The van der Waals surface area contributed by atoms with Gasteiger partial charge in [0.05, 0.1) is 12.1 Å². The van der Waals surface area contributed by atoms with Crippen LogP contribution in [0.25, 0.3) is 10.8 Å². The van der Waals surface area contributed by atoms with Crippen molar-refractivity contribution in [3.8, 4) is 0 Å². The molecule has 0 aliphatic heterocycles. The van der Waals surface area contributed by atoms with Crippen LogP contribution >= 0.6 is 0 Å². The highest BCUT2D eigenvalue weighted by Gasteiger charge is 2.19. The molecule has 0 fully saturated rings. The molecule has 27 heavy (non-hydrogen) atoms. The number of nitrogens with one attached hydrogen (secondary N) is 1. The summed E-state index contributed by atoms with van der Waals surface area (Å²) in [5.74, 6) is -1.71. The van der Waals surface area contributed by atoms with Crippen LogP contribution in [-0.2, 0) is 29.5 Å². The molecule has 140 valence electrons. The third-order valence-electron chi connectivity index (χ3n) is 4.59. The molecule has 0 bridgehead atoms. The van der Waals surface area contributed by atoms with E-state index in [1.807, 2.05) is 55.7 Å². The van der Waals surface area contributed by atoms with Crippen LogP contribution in [0.2, 0.25) is 0 Å². The van der Waals surface area contributed by atoms with E-state index >= 15 is 0 Å². The summed E-state index contributed by atoms with van der Waals surface area (Å²) in [6.07, 6.45) is 4.87. The Labute approximate surface area is 157 Å². The molecule has 0 spiro atoms. The van der Waals surface area contributed by atoms with Crippen LogP contribution < -0.4 is 5.32 Å². The van der Waals surface area contributed by atoms with Crippen molar-refractivity contribution in [2.24, 2.45) is 13.0 Å². The van der Waals surface area contributed by atoms with E-state index < -0.39 is 11.9 Å². The number of aromatic nitrogens is 2. The minimum absolute atomic E-state index is 0.119. The van der Waals surface area contributed by atoms with Gasteiger partial charge in [-0.1, -0.05) is 42.5 Å². The topological polar surface area (TPSA) is 84.2 Å². The Morgan fingerprint density at radius 3 is 2.63 bits per heavy atom. The van der Waals surface area contributed by atoms with Gasteiger partial charge in [-0.2, -0.15) is 5.10 Å². The third-order valence-corrected chi connectivity index (χ3v) is 4.59. The molecule has 0 aliphatic rings. The Balaban J connectivity index is 1.55. The molecular formula is C21H23N3O3. The number of carbonyl (C=O) groups is 2. The molecule has 0 saturated heterocycles. The van der Waals surface area contributed by atoms with Crippen LogP contribution in [0.4, 0.5) is 0 Å². The number of hydrogen-bond acceptors (Lipinski definition) is 3. The number of fused-ring (bicyclic) bond motifs is 1. The standard InChI is InChI=1S/C21H23N3O3/c1-24-14-16(12-23-24)7-9-20(25)22-13-19(21(26)27)11-15-6-8-17-4-2-3-5-18(17)10-15/h2-6,8,10,12,14,19H,7,9,11,13H2,1H3,(H,22,25)(H,26,27). The number of aryl methyl sites for hydroxylation is 2. The summed E-state index contributed by atoms with van der Waals surface area (Å²) in [5.41, 5.74) is 1.93. The average molecular weight is 365 g/mol. The van der Waals surface area contributed by atoms with Gasteiger partial charge in [0.1, 0.15) is 0 Å². The fourth-order valence-electron chi connectivity index (χ4n) is 3.08. The lowest BCUT2D eigenvalue weighted by atomic mass is 9.97. The zero-order chi connectivity index (χ0) is 19.2. The van der Waals surface area contributed by atoms with Gasteiger partial charge in [-0.3, -0.25) is 14.3 Å². The van der Waals surface area contributed by atoms with E-state index in [1.165, 1.54) is 0 Å². The van der Waals surface area contributed by atoms with Gasteiger partial charge in [-0.15, -0.1) is 0 Å². The number of carbonyl (C=O) groups excluding carboxylic acids is 1. The number of carboxylic acid groups (broad SMARTS) is 1. The zero-order valence-corrected chi connectivity index (χ0v) is 15.3. The average Bonchev–Trinajstić information content (AvgIpc) is 3.08. The largest absolute Gasteiger partial charge is 0.481 e. The van der Waals surface area contributed by atoms with E-state index in [9.17, 15) is 14.7 Å². The fraction of sp³-hybridized carbons (Fsp3) is 0.286. The third kappa shape index (κ3) is 5.17. The number of benzene rings is 2. The molecule has 0 saturated carbocycles. The molecule has 1 amide bonds. The van der Waals surface area contributed by atoms with Crippen molar-refractivity contribution in [3.05, 3.63) is 66.0 Å². The van der Waals surface area contributed by atoms with E-state index in [-0.39, 0.29) is 12.5 Å². The lowest BCUT2D eigenvalue weighted by Gasteiger charge is -2.14. The highest BCUT2D eigenvalue weighted by Crippen LogP contribution is 2.18. The summed E-state index contributed by atoms with van der Waals surface area (Å²) < 4.78 is 1.69. The van der Waals surface area contributed by atoms with Crippen molar-refractivity contribution in [1.82, 2.24) is 15.1 Å². The SMILES string of the molecule is Cn1cc(CCC(=O)NCC(Cc2ccc3ccccc3c2)C(=O)O)cn1.